The predicted molar refractivity (Wildman–Crippen MR) is 20.1 cm³/mol. The van der Waals surface area contributed by atoms with Crippen molar-refractivity contribution in [2.24, 2.45) is 0 Å². The lowest BCUT2D eigenvalue weighted by atomic mass is 10.6. The summed E-state index contributed by atoms with van der Waals surface area (Å²) in [5.41, 5.74) is 0. The molecule has 0 rings (SSSR count). The fraction of sp³-hybridized carbons (Fsp3) is 0. The Labute approximate surface area is 40.1 Å². The van der Waals surface area contributed by atoms with E-state index in [-0.39, 0.29) is 0 Å². The molecule has 0 fully saturated rings. The van der Waals surface area contributed by atoms with E-state index < -0.39 is 11.9 Å². The molecule has 1 amide bonds. The minimum atomic E-state index is -1.58. The first-order valence-corrected chi connectivity index (χ1v) is 1.42. The monoisotopic (exact) mass is 101 g/mol. The Morgan fingerprint density at radius 3 is 2.00 bits per heavy atom. The van der Waals surface area contributed by atoms with Gasteiger partial charge in [-0.05, 0) is 0 Å². The second-order valence-corrected chi connectivity index (χ2v) is 0.779. The molecule has 2 N–H and O–H groups in total. The van der Waals surface area contributed by atoms with Gasteiger partial charge in [0, 0.05) is 0 Å². The van der Waals surface area contributed by atoms with Gasteiger partial charge in [0.1, 0.15) is 0 Å². The summed E-state index contributed by atoms with van der Waals surface area (Å²) in [4.78, 5) is 19.1. The van der Waals surface area contributed by atoms with E-state index in [0.717, 1.165) is 0 Å². The zero-order valence-corrected chi connectivity index (χ0v) is 3.34. The lowest BCUT2D eigenvalue weighted by Gasteiger charge is -1.84. The maximum absolute atomic E-state index is 9.68. The Kier molecular flexibility index (Phi) is 1.84. The molecule has 0 bridgehead atoms. The highest BCUT2D eigenvalue weighted by molar-refractivity contribution is 6.31. The average Bonchev–Trinajstić information content (AvgIpc) is 1.65. The Morgan fingerprint density at radius 2 is 2.00 bits per heavy atom. The smallest absolute Gasteiger partial charge is 0.394 e. The number of nitrogens with one attached hydrogen (secondary N) is 1. The van der Waals surface area contributed by atoms with Crippen LogP contribution < -0.4 is 5.32 Å². The average molecular weight is 101 g/mol. The van der Waals surface area contributed by atoms with E-state index in [1.165, 1.54) is 5.32 Å². The van der Waals surface area contributed by atoms with E-state index in [2.05, 4.69) is 7.05 Å². The quantitative estimate of drug-likeness (QED) is 0.299. The number of aliphatic carboxylic acids is 1. The summed E-state index contributed by atoms with van der Waals surface area (Å²) >= 11 is 0. The molecule has 0 aromatic heterocycles. The minimum Gasteiger partial charge on any atom is -0.474 e. The van der Waals surface area contributed by atoms with Crippen molar-refractivity contribution < 1.29 is 14.7 Å². The number of amides is 1. The Bertz CT molecular complexity index is 98.4. The summed E-state index contributed by atoms with van der Waals surface area (Å²) < 4.78 is 0. The molecule has 0 aliphatic rings. The third kappa shape index (κ3) is 1.75. The van der Waals surface area contributed by atoms with E-state index in [4.69, 9.17) is 5.11 Å². The summed E-state index contributed by atoms with van der Waals surface area (Å²) in [5.74, 6) is -2.79. The van der Waals surface area contributed by atoms with E-state index >= 15 is 0 Å². The molecule has 4 heteroatoms. The van der Waals surface area contributed by atoms with E-state index in [1.807, 2.05) is 0 Å². The first-order valence-electron chi connectivity index (χ1n) is 1.42. The van der Waals surface area contributed by atoms with Crippen LogP contribution in [0.2, 0.25) is 0 Å². The maximum Gasteiger partial charge on any atom is 0.394 e. The second kappa shape index (κ2) is 2.17. The van der Waals surface area contributed by atoms with Crippen LogP contribution in [0.1, 0.15) is 0 Å². The van der Waals surface area contributed by atoms with Crippen molar-refractivity contribution in [3.63, 3.8) is 0 Å². The van der Waals surface area contributed by atoms with Crippen molar-refractivity contribution in [2.75, 3.05) is 0 Å². The zero-order valence-electron chi connectivity index (χ0n) is 3.34. The topological polar surface area (TPSA) is 66.4 Å². The largest absolute Gasteiger partial charge is 0.474 e. The molecule has 0 atom stereocenters. The molecular weight excluding hydrogens is 98.0 g/mol. The maximum atomic E-state index is 9.68. The Hall–Kier alpha value is -1.06. The van der Waals surface area contributed by atoms with Gasteiger partial charge in [0.25, 0.3) is 0 Å². The van der Waals surface area contributed by atoms with E-state index in [1.54, 1.807) is 0 Å². The summed E-state index contributed by atoms with van der Waals surface area (Å²) in [6.45, 7) is 0. The molecule has 0 saturated heterocycles. The van der Waals surface area contributed by atoms with Gasteiger partial charge in [0.2, 0.25) is 0 Å². The normalized spacial score (nSPS) is 7.57. The Balaban J connectivity index is 3.58. The molecule has 38 valence electrons. The molecule has 0 heterocycles. The van der Waals surface area contributed by atoms with Gasteiger partial charge in [-0.2, -0.15) is 0 Å². The standard InChI is InChI=1S/C3H3NO3/c1-4-2(5)3(6)7/h1H,(H,4,5)(H,6,7). The van der Waals surface area contributed by atoms with Gasteiger partial charge in [0.05, 0.1) is 7.05 Å². The third-order valence-electron chi connectivity index (χ3n) is 0.325. The minimum absolute atomic E-state index is 1.21. The van der Waals surface area contributed by atoms with E-state index in [0.29, 0.717) is 0 Å². The molecule has 0 aliphatic carbocycles. The molecule has 4 nitrogen and oxygen atoms in total. The van der Waals surface area contributed by atoms with Gasteiger partial charge in [0.15, 0.2) is 0 Å². The lowest BCUT2D eigenvalue weighted by Crippen LogP contribution is -2.24. The van der Waals surface area contributed by atoms with Crippen LogP contribution in [0.4, 0.5) is 0 Å². The highest BCUT2D eigenvalue weighted by atomic mass is 16.4. The highest BCUT2D eigenvalue weighted by Gasteiger charge is 2.05. The molecule has 0 aromatic carbocycles. The number of carboxylic acids is 1. The Morgan fingerprint density at radius 1 is 1.57 bits per heavy atom. The predicted octanol–water partition coefficient (Wildman–Crippen LogP) is -1.14. The van der Waals surface area contributed by atoms with Crippen molar-refractivity contribution in [1.29, 1.82) is 0 Å². The van der Waals surface area contributed by atoms with Gasteiger partial charge in [-0.1, -0.05) is 0 Å². The van der Waals surface area contributed by atoms with Gasteiger partial charge in [-0.15, -0.1) is 0 Å². The lowest BCUT2D eigenvalue weighted by molar-refractivity contribution is -0.149. The summed E-state index contributed by atoms with van der Waals surface area (Å²) in [7, 11) is 4.39. The van der Waals surface area contributed by atoms with Crippen LogP contribution in [-0.2, 0) is 9.59 Å². The van der Waals surface area contributed by atoms with E-state index in [9.17, 15) is 9.59 Å². The summed E-state index contributed by atoms with van der Waals surface area (Å²) in [5, 5.41) is 9.12. The van der Waals surface area contributed by atoms with Crippen LogP contribution in [0.3, 0.4) is 0 Å². The van der Waals surface area contributed by atoms with Crippen molar-refractivity contribution in [3.05, 3.63) is 7.05 Å². The number of carbonyl (C=O) groups is 2. The molecule has 7 heavy (non-hydrogen) atoms. The van der Waals surface area contributed by atoms with Crippen LogP contribution in [0.5, 0.6) is 0 Å². The van der Waals surface area contributed by atoms with Crippen molar-refractivity contribution in [3.8, 4) is 0 Å². The fourth-order valence-electron chi connectivity index (χ4n) is 0.0617. The molecule has 0 unspecified atom stereocenters. The second-order valence-electron chi connectivity index (χ2n) is 0.779. The van der Waals surface area contributed by atoms with Crippen molar-refractivity contribution in [1.82, 2.24) is 5.32 Å². The van der Waals surface area contributed by atoms with Crippen LogP contribution in [0.15, 0.2) is 0 Å². The number of carboxylic acid groups (broad SMARTS) is 1. The van der Waals surface area contributed by atoms with Crippen molar-refractivity contribution in [2.45, 2.75) is 0 Å². The van der Waals surface area contributed by atoms with Gasteiger partial charge < -0.3 is 10.4 Å². The van der Waals surface area contributed by atoms with Crippen LogP contribution in [0, 0.1) is 7.05 Å². The summed E-state index contributed by atoms with van der Waals surface area (Å²) in [6, 6.07) is 0. The molecule has 0 aliphatic heterocycles. The van der Waals surface area contributed by atoms with Gasteiger partial charge in [-0.3, -0.25) is 4.79 Å². The number of carbonyl (C=O) groups excluding carboxylic acids is 1. The SMILES string of the molecule is [CH]NC(=O)C(=O)O. The van der Waals surface area contributed by atoms with Gasteiger partial charge >= 0.3 is 11.9 Å². The zero-order chi connectivity index (χ0) is 5.86. The highest BCUT2D eigenvalue weighted by Crippen LogP contribution is 1.59. The van der Waals surface area contributed by atoms with Crippen LogP contribution in [-0.4, -0.2) is 17.0 Å². The summed E-state index contributed by atoms with van der Waals surface area (Å²) in [6.07, 6.45) is 0. The molecule has 0 aromatic rings. The van der Waals surface area contributed by atoms with Crippen LogP contribution >= 0.6 is 0 Å². The number of hydrogen-bond donors (Lipinski definition) is 2. The molecule has 2 radical (unpaired) electrons. The van der Waals surface area contributed by atoms with Crippen LogP contribution in [0.25, 0.3) is 0 Å². The molecular formula is C3H3NO3. The number of rotatable bonds is 0. The molecule has 0 spiro atoms. The van der Waals surface area contributed by atoms with Gasteiger partial charge in [-0.25, -0.2) is 4.79 Å². The number of hydrogen-bond acceptors (Lipinski definition) is 2. The fourth-order valence-corrected chi connectivity index (χ4v) is 0.0617. The third-order valence-corrected chi connectivity index (χ3v) is 0.325. The first-order chi connectivity index (χ1) is 3.18. The first kappa shape index (κ1) is 5.94. The van der Waals surface area contributed by atoms with Crippen molar-refractivity contribution >= 4 is 11.9 Å². The molecule has 0 saturated carbocycles.